The van der Waals surface area contributed by atoms with Crippen LogP contribution in [0.3, 0.4) is 0 Å². The molecule has 0 aliphatic carbocycles. The highest BCUT2D eigenvalue weighted by atomic mass is 79.9. The third kappa shape index (κ3) is 3.28. The lowest BCUT2D eigenvalue weighted by Crippen LogP contribution is -2.54. The average Bonchev–Trinajstić information content (AvgIpc) is 2.42. The first kappa shape index (κ1) is 14.8. The zero-order valence-corrected chi connectivity index (χ0v) is 13.3. The molecule has 1 heterocycles. The van der Waals surface area contributed by atoms with Crippen LogP contribution in [0.4, 0.5) is 0 Å². The summed E-state index contributed by atoms with van der Waals surface area (Å²) in [7, 11) is 5.90. The summed E-state index contributed by atoms with van der Waals surface area (Å²) in [5.41, 5.74) is 1.27. The van der Waals surface area contributed by atoms with Gasteiger partial charge in [0.1, 0.15) is 5.75 Å². The van der Waals surface area contributed by atoms with Crippen molar-refractivity contribution >= 4 is 15.9 Å². The first-order chi connectivity index (χ1) is 9.17. The van der Waals surface area contributed by atoms with Crippen molar-refractivity contribution in [3.05, 3.63) is 28.2 Å². The molecule has 1 aliphatic rings. The van der Waals surface area contributed by atoms with Crippen LogP contribution in [-0.4, -0.2) is 51.8 Å². The summed E-state index contributed by atoms with van der Waals surface area (Å²) in [6.45, 7) is 3.15. The van der Waals surface area contributed by atoms with Crippen molar-refractivity contribution in [2.45, 2.75) is 12.1 Å². The fourth-order valence-corrected chi connectivity index (χ4v) is 3.21. The van der Waals surface area contributed by atoms with E-state index in [-0.39, 0.29) is 0 Å². The van der Waals surface area contributed by atoms with Gasteiger partial charge in [-0.2, -0.15) is 0 Å². The number of rotatable bonds is 4. The molecule has 5 heteroatoms. The van der Waals surface area contributed by atoms with Gasteiger partial charge in [-0.1, -0.05) is 6.07 Å². The second kappa shape index (κ2) is 6.70. The standard InChI is InChI=1S/C14H22BrN3O/c1-16-14(12-9-17-6-7-18(12)2)10-4-5-13(19-3)11(15)8-10/h4-5,8,12,14,16-17H,6-7,9H2,1-3H3. The topological polar surface area (TPSA) is 36.5 Å². The van der Waals surface area contributed by atoms with Crippen LogP contribution < -0.4 is 15.4 Å². The Kier molecular flexibility index (Phi) is 5.21. The Morgan fingerprint density at radius 2 is 2.32 bits per heavy atom. The second-order valence-corrected chi connectivity index (χ2v) is 5.77. The first-order valence-electron chi connectivity index (χ1n) is 6.59. The highest BCUT2D eigenvalue weighted by Crippen LogP contribution is 2.30. The van der Waals surface area contributed by atoms with E-state index in [1.165, 1.54) is 5.56 Å². The lowest BCUT2D eigenvalue weighted by molar-refractivity contribution is 0.162. The molecule has 0 saturated carbocycles. The number of hydrogen-bond donors (Lipinski definition) is 2. The van der Waals surface area contributed by atoms with Crippen LogP contribution in [0.5, 0.6) is 5.75 Å². The van der Waals surface area contributed by atoms with Gasteiger partial charge < -0.3 is 15.4 Å². The van der Waals surface area contributed by atoms with E-state index >= 15 is 0 Å². The van der Waals surface area contributed by atoms with E-state index in [1.54, 1.807) is 7.11 Å². The van der Waals surface area contributed by atoms with Crippen molar-refractivity contribution in [2.24, 2.45) is 0 Å². The number of nitrogens with zero attached hydrogens (tertiary/aromatic N) is 1. The molecular weight excluding hydrogens is 306 g/mol. The molecule has 106 valence electrons. The number of piperazine rings is 1. The lowest BCUT2D eigenvalue weighted by atomic mass is 9.97. The van der Waals surface area contributed by atoms with E-state index in [1.807, 2.05) is 13.1 Å². The van der Waals surface area contributed by atoms with Crippen molar-refractivity contribution in [3.8, 4) is 5.75 Å². The monoisotopic (exact) mass is 327 g/mol. The largest absolute Gasteiger partial charge is 0.496 e. The molecular formula is C14H22BrN3O. The number of likely N-dealkylation sites (N-methyl/N-ethyl adjacent to an activating group) is 2. The van der Waals surface area contributed by atoms with Gasteiger partial charge in [0.05, 0.1) is 11.6 Å². The Hall–Kier alpha value is -0.620. The van der Waals surface area contributed by atoms with Gasteiger partial charge >= 0.3 is 0 Å². The molecule has 4 nitrogen and oxygen atoms in total. The minimum Gasteiger partial charge on any atom is -0.496 e. The van der Waals surface area contributed by atoms with E-state index in [4.69, 9.17) is 4.74 Å². The summed E-state index contributed by atoms with van der Waals surface area (Å²) in [6, 6.07) is 7.05. The van der Waals surface area contributed by atoms with Gasteiger partial charge in [0.15, 0.2) is 0 Å². The van der Waals surface area contributed by atoms with Crippen LogP contribution in [-0.2, 0) is 0 Å². The first-order valence-corrected chi connectivity index (χ1v) is 7.38. The molecule has 0 amide bonds. The minimum absolute atomic E-state index is 0.306. The molecule has 1 aromatic carbocycles. The fraction of sp³-hybridized carbons (Fsp3) is 0.571. The molecule has 2 rings (SSSR count). The smallest absolute Gasteiger partial charge is 0.133 e. The van der Waals surface area contributed by atoms with Crippen molar-refractivity contribution in [3.63, 3.8) is 0 Å². The number of benzene rings is 1. The predicted molar refractivity (Wildman–Crippen MR) is 81.8 cm³/mol. The third-order valence-electron chi connectivity index (χ3n) is 3.79. The van der Waals surface area contributed by atoms with E-state index < -0.39 is 0 Å². The molecule has 1 aliphatic heterocycles. The number of ether oxygens (including phenoxy) is 1. The highest BCUT2D eigenvalue weighted by Gasteiger charge is 2.27. The Bertz CT molecular complexity index is 427. The molecule has 2 unspecified atom stereocenters. The van der Waals surface area contributed by atoms with Crippen LogP contribution in [0.15, 0.2) is 22.7 Å². The molecule has 0 radical (unpaired) electrons. The third-order valence-corrected chi connectivity index (χ3v) is 4.41. The van der Waals surface area contributed by atoms with Crippen LogP contribution in [0, 0.1) is 0 Å². The molecule has 1 aromatic rings. The Morgan fingerprint density at radius 1 is 1.53 bits per heavy atom. The lowest BCUT2D eigenvalue weighted by Gasteiger charge is -2.38. The number of hydrogen-bond acceptors (Lipinski definition) is 4. The van der Waals surface area contributed by atoms with Gasteiger partial charge in [-0.25, -0.2) is 0 Å². The van der Waals surface area contributed by atoms with Gasteiger partial charge in [0.2, 0.25) is 0 Å². The van der Waals surface area contributed by atoms with Crippen molar-refractivity contribution in [1.29, 1.82) is 0 Å². The summed E-state index contributed by atoms with van der Waals surface area (Å²) >= 11 is 3.56. The maximum absolute atomic E-state index is 5.29. The SMILES string of the molecule is CNC(c1ccc(OC)c(Br)c1)C1CNCCN1C. The van der Waals surface area contributed by atoms with Gasteiger partial charge in [-0.15, -0.1) is 0 Å². The summed E-state index contributed by atoms with van der Waals surface area (Å²) < 4.78 is 6.29. The van der Waals surface area contributed by atoms with Crippen LogP contribution >= 0.6 is 15.9 Å². The quantitative estimate of drug-likeness (QED) is 0.881. The average molecular weight is 328 g/mol. The van der Waals surface area contributed by atoms with Crippen LogP contribution in [0.2, 0.25) is 0 Å². The molecule has 2 atom stereocenters. The molecule has 19 heavy (non-hydrogen) atoms. The normalized spacial score (nSPS) is 22.2. The minimum atomic E-state index is 0.306. The van der Waals surface area contributed by atoms with Gasteiger partial charge in [0.25, 0.3) is 0 Å². The summed E-state index contributed by atoms with van der Waals surface area (Å²) in [5, 5.41) is 6.91. The predicted octanol–water partition coefficient (Wildman–Crippen LogP) is 1.62. The van der Waals surface area contributed by atoms with Crippen LogP contribution in [0.1, 0.15) is 11.6 Å². The van der Waals surface area contributed by atoms with Crippen LogP contribution in [0.25, 0.3) is 0 Å². The molecule has 0 bridgehead atoms. The van der Waals surface area contributed by atoms with Crippen molar-refractivity contribution in [1.82, 2.24) is 15.5 Å². The second-order valence-electron chi connectivity index (χ2n) is 4.91. The van der Waals surface area contributed by atoms with E-state index in [0.717, 1.165) is 29.9 Å². The van der Waals surface area contributed by atoms with E-state index in [0.29, 0.717) is 12.1 Å². The number of methoxy groups -OCH3 is 1. The molecule has 0 aromatic heterocycles. The number of nitrogens with one attached hydrogen (secondary N) is 2. The summed E-state index contributed by atoms with van der Waals surface area (Å²) in [6.07, 6.45) is 0. The molecule has 0 spiro atoms. The van der Waals surface area contributed by atoms with E-state index in [9.17, 15) is 0 Å². The van der Waals surface area contributed by atoms with Gasteiger partial charge in [-0.05, 0) is 47.7 Å². The molecule has 1 saturated heterocycles. The number of halogens is 1. The maximum Gasteiger partial charge on any atom is 0.133 e. The Morgan fingerprint density at radius 3 is 2.89 bits per heavy atom. The summed E-state index contributed by atoms with van der Waals surface area (Å²) in [5.74, 6) is 0.869. The fourth-order valence-electron chi connectivity index (χ4n) is 2.66. The Labute approximate surface area is 123 Å². The van der Waals surface area contributed by atoms with Crippen molar-refractivity contribution < 1.29 is 4.74 Å². The maximum atomic E-state index is 5.29. The Balaban J connectivity index is 2.23. The zero-order chi connectivity index (χ0) is 13.8. The van der Waals surface area contributed by atoms with Gasteiger partial charge in [0, 0.05) is 31.7 Å². The van der Waals surface area contributed by atoms with E-state index in [2.05, 4.69) is 50.6 Å². The summed E-state index contributed by atoms with van der Waals surface area (Å²) in [4.78, 5) is 2.41. The molecule has 1 fully saturated rings. The molecule has 2 N–H and O–H groups in total. The van der Waals surface area contributed by atoms with Gasteiger partial charge in [-0.3, -0.25) is 4.90 Å². The highest BCUT2D eigenvalue weighted by molar-refractivity contribution is 9.10. The van der Waals surface area contributed by atoms with Crippen molar-refractivity contribution in [2.75, 3.05) is 40.8 Å². The zero-order valence-electron chi connectivity index (χ0n) is 11.7.